The molecule has 0 bridgehead atoms. The van der Waals surface area contributed by atoms with Gasteiger partial charge in [-0.15, -0.1) is 10.2 Å². The zero-order valence-electron chi connectivity index (χ0n) is 11.8. The Kier molecular flexibility index (Phi) is 3.62. The van der Waals surface area contributed by atoms with Crippen molar-refractivity contribution in [3.63, 3.8) is 0 Å². The molecule has 0 amide bonds. The van der Waals surface area contributed by atoms with Crippen LogP contribution in [0.3, 0.4) is 0 Å². The smallest absolute Gasteiger partial charge is 0.242 e. The molecule has 0 aliphatic heterocycles. The molecular formula is C12H19N7O. The molecule has 8 heteroatoms. The molecule has 0 saturated heterocycles. The van der Waals surface area contributed by atoms with Crippen LogP contribution in [0.25, 0.3) is 0 Å². The second-order valence-electron chi connectivity index (χ2n) is 5.29. The third-order valence-electron chi connectivity index (χ3n) is 3.77. The summed E-state index contributed by atoms with van der Waals surface area (Å²) in [5, 5.41) is 22.9. The Morgan fingerprint density at radius 2 is 2.10 bits per heavy atom. The summed E-state index contributed by atoms with van der Waals surface area (Å²) < 4.78 is 7.23. The van der Waals surface area contributed by atoms with E-state index in [1.165, 1.54) is 0 Å². The minimum Gasteiger partial charge on any atom is -0.425 e. The molecule has 0 aromatic carbocycles. The van der Waals surface area contributed by atoms with Gasteiger partial charge in [0, 0.05) is 25.9 Å². The van der Waals surface area contributed by atoms with Crippen molar-refractivity contribution in [3.8, 4) is 0 Å². The normalized spacial score (nSPS) is 22.3. The van der Waals surface area contributed by atoms with E-state index in [-0.39, 0.29) is 0 Å². The Bertz CT molecular complexity index is 564. The fourth-order valence-electron chi connectivity index (χ4n) is 2.69. The summed E-state index contributed by atoms with van der Waals surface area (Å²) in [5.41, 5.74) is 0. The van der Waals surface area contributed by atoms with E-state index in [4.69, 9.17) is 4.42 Å². The van der Waals surface area contributed by atoms with Crippen LogP contribution in [-0.2, 0) is 19.9 Å². The van der Waals surface area contributed by atoms with E-state index in [1.807, 2.05) is 14.0 Å². The van der Waals surface area contributed by atoms with E-state index < -0.39 is 0 Å². The largest absolute Gasteiger partial charge is 0.425 e. The van der Waals surface area contributed by atoms with Gasteiger partial charge in [0.1, 0.15) is 0 Å². The Morgan fingerprint density at radius 1 is 1.25 bits per heavy atom. The first kappa shape index (κ1) is 13.0. The highest BCUT2D eigenvalue weighted by atomic mass is 16.4. The third kappa shape index (κ3) is 2.78. The van der Waals surface area contributed by atoms with Gasteiger partial charge in [0.05, 0.1) is 0 Å². The summed E-state index contributed by atoms with van der Waals surface area (Å²) in [6, 6.07) is 0.415. The van der Waals surface area contributed by atoms with Crippen LogP contribution in [0.4, 0.5) is 5.95 Å². The molecule has 1 N–H and O–H groups in total. The maximum Gasteiger partial charge on any atom is 0.242 e. The van der Waals surface area contributed by atoms with Crippen LogP contribution in [0.2, 0.25) is 0 Å². The summed E-state index contributed by atoms with van der Waals surface area (Å²) in [6.07, 6.45) is 5.01. The minimum absolute atomic E-state index is 0.415. The first-order valence-electron chi connectivity index (χ1n) is 7.04. The number of hydrogen-bond donors (Lipinski definition) is 1. The number of nitrogens with one attached hydrogen (secondary N) is 1. The lowest BCUT2D eigenvalue weighted by atomic mass is 10.0. The van der Waals surface area contributed by atoms with Gasteiger partial charge in [-0.25, -0.2) is 4.68 Å². The number of hydrogen-bond acceptors (Lipinski definition) is 7. The molecule has 1 saturated carbocycles. The molecule has 0 radical (unpaired) electrons. The van der Waals surface area contributed by atoms with Gasteiger partial charge in [0.2, 0.25) is 17.7 Å². The zero-order valence-corrected chi connectivity index (χ0v) is 11.8. The van der Waals surface area contributed by atoms with Crippen LogP contribution in [0.15, 0.2) is 4.42 Å². The molecule has 20 heavy (non-hydrogen) atoms. The first-order chi connectivity index (χ1) is 9.74. The first-order valence-corrected chi connectivity index (χ1v) is 7.04. The number of rotatable bonds is 5. The average molecular weight is 277 g/mol. The van der Waals surface area contributed by atoms with E-state index in [2.05, 4.69) is 31.0 Å². The molecule has 8 nitrogen and oxygen atoms in total. The van der Waals surface area contributed by atoms with E-state index >= 15 is 0 Å². The summed E-state index contributed by atoms with van der Waals surface area (Å²) in [4.78, 5) is 0. The van der Waals surface area contributed by atoms with Crippen LogP contribution in [-0.4, -0.2) is 36.4 Å². The van der Waals surface area contributed by atoms with Gasteiger partial charge in [-0.05, 0) is 35.6 Å². The van der Waals surface area contributed by atoms with Gasteiger partial charge in [-0.3, -0.25) is 0 Å². The molecular weight excluding hydrogens is 258 g/mol. The molecule has 3 rings (SSSR count). The predicted molar refractivity (Wildman–Crippen MR) is 70.9 cm³/mol. The Labute approximate surface area is 117 Å². The van der Waals surface area contributed by atoms with Gasteiger partial charge in [-0.1, -0.05) is 12.0 Å². The van der Waals surface area contributed by atoms with Gasteiger partial charge < -0.3 is 9.73 Å². The van der Waals surface area contributed by atoms with Crippen LogP contribution >= 0.6 is 0 Å². The van der Waals surface area contributed by atoms with Crippen molar-refractivity contribution in [2.24, 2.45) is 13.0 Å². The van der Waals surface area contributed by atoms with Crippen LogP contribution in [0.1, 0.15) is 38.0 Å². The van der Waals surface area contributed by atoms with Crippen molar-refractivity contribution in [2.45, 2.75) is 45.1 Å². The van der Waals surface area contributed by atoms with Crippen molar-refractivity contribution >= 4 is 5.95 Å². The molecule has 2 atom stereocenters. The monoisotopic (exact) mass is 277 g/mol. The number of aromatic nitrogens is 6. The zero-order chi connectivity index (χ0) is 13.9. The fourth-order valence-corrected chi connectivity index (χ4v) is 2.69. The SMILES string of the molecule is CCc1nnc(C[C@@H]2CC[C@H](Nc3nnnn3C)C2)o1. The summed E-state index contributed by atoms with van der Waals surface area (Å²) in [5.74, 6) is 2.78. The number of aryl methyl sites for hydroxylation is 2. The van der Waals surface area contributed by atoms with Crippen molar-refractivity contribution in [1.29, 1.82) is 0 Å². The van der Waals surface area contributed by atoms with E-state index in [9.17, 15) is 0 Å². The number of tetrazole rings is 1. The summed E-state index contributed by atoms with van der Waals surface area (Å²) in [7, 11) is 1.83. The van der Waals surface area contributed by atoms with Gasteiger partial charge >= 0.3 is 0 Å². The quantitative estimate of drug-likeness (QED) is 0.870. The van der Waals surface area contributed by atoms with Gasteiger partial charge in [-0.2, -0.15) is 0 Å². The van der Waals surface area contributed by atoms with Crippen LogP contribution in [0.5, 0.6) is 0 Å². The summed E-state index contributed by atoms with van der Waals surface area (Å²) in [6.45, 7) is 2.02. The molecule has 1 aliphatic carbocycles. The van der Waals surface area contributed by atoms with Crippen LogP contribution < -0.4 is 5.32 Å². The Balaban J connectivity index is 1.53. The maximum absolute atomic E-state index is 5.58. The van der Waals surface area contributed by atoms with Gasteiger partial charge in [0.15, 0.2) is 0 Å². The van der Waals surface area contributed by atoms with Crippen molar-refractivity contribution in [2.75, 3.05) is 5.32 Å². The lowest BCUT2D eigenvalue weighted by Gasteiger charge is -2.12. The summed E-state index contributed by atoms with van der Waals surface area (Å²) >= 11 is 0. The third-order valence-corrected chi connectivity index (χ3v) is 3.77. The fraction of sp³-hybridized carbons (Fsp3) is 0.750. The van der Waals surface area contributed by atoms with E-state index in [0.717, 1.165) is 49.8 Å². The second-order valence-corrected chi connectivity index (χ2v) is 5.29. The Morgan fingerprint density at radius 3 is 2.80 bits per heavy atom. The van der Waals surface area contributed by atoms with E-state index in [1.54, 1.807) is 4.68 Å². The van der Waals surface area contributed by atoms with Crippen molar-refractivity contribution in [1.82, 2.24) is 30.4 Å². The molecule has 2 aromatic heterocycles. The van der Waals surface area contributed by atoms with Crippen molar-refractivity contribution < 1.29 is 4.42 Å². The maximum atomic E-state index is 5.58. The lowest BCUT2D eigenvalue weighted by molar-refractivity contribution is 0.408. The minimum atomic E-state index is 0.415. The average Bonchev–Trinajstić information content (AvgIpc) is 3.15. The molecule has 108 valence electrons. The highest BCUT2D eigenvalue weighted by Gasteiger charge is 2.27. The molecule has 0 spiro atoms. The van der Waals surface area contributed by atoms with E-state index in [0.29, 0.717) is 12.0 Å². The van der Waals surface area contributed by atoms with Crippen LogP contribution in [0, 0.1) is 5.92 Å². The Hall–Kier alpha value is -1.99. The molecule has 2 aromatic rings. The molecule has 1 aliphatic rings. The number of nitrogens with zero attached hydrogens (tertiary/aromatic N) is 6. The number of anilines is 1. The topological polar surface area (TPSA) is 94.5 Å². The molecule has 2 heterocycles. The van der Waals surface area contributed by atoms with Gasteiger partial charge in [0.25, 0.3) is 0 Å². The second kappa shape index (κ2) is 5.56. The molecule has 1 fully saturated rings. The predicted octanol–water partition coefficient (Wildman–Crippen LogP) is 0.979. The lowest BCUT2D eigenvalue weighted by Crippen LogP contribution is -2.18. The highest BCUT2D eigenvalue weighted by Crippen LogP contribution is 2.30. The molecule has 0 unspecified atom stereocenters. The van der Waals surface area contributed by atoms with Crippen molar-refractivity contribution in [3.05, 3.63) is 11.8 Å². The standard InChI is InChI=1S/C12H19N7O/c1-3-10-14-15-11(20-10)7-8-4-5-9(6-8)13-12-16-17-18-19(12)2/h8-9H,3-7H2,1-2H3,(H,13,16,18)/t8-,9+/m1/s1. The highest BCUT2D eigenvalue weighted by molar-refractivity contribution is 5.23.